The summed E-state index contributed by atoms with van der Waals surface area (Å²) in [7, 11) is 0. The minimum absolute atomic E-state index is 0.0971. The quantitative estimate of drug-likeness (QED) is 0.666. The largest absolute Gasteiger partial charge is 0.378 e. The van der Waals surface area contributed by atoms with Gasteiger partial charge in [0.05, 0.1) is 23.0 Å². The fraction of sp³-hybridized carbons (Fsp3) is 1.00. The maximum absolute atomic E-state index is 6.57. The van der Waals surface area contributed by atoms with Crippen LogP contribution in [0.25, 0.3) is 0 Å². The number of hydrogen-bond donors (Lipinski definition) is 0. The van der Waals surface area contributed by atoms with Crippen molar-refractivity contribution in [1.82, 2.24) is 0 Å². The molecule has 1 nitrogen and oxygen atoms in total. The summed E-state index contributed by atoms with van der Waals surface area (Å²) < 4.78 is 5.85. The highest BCUT2D eigenvalue weighted by Crippen LogP contribution is 2.37. The van der Waals surface area contributed by atoms with Gasteiger partial charge in [0.2, 0.25) is 0 Å². The van der Waals surface area contributed by atoms with Crippen molar-refractivity contribution in [3.63, 3.8) is 0 Å². The van der Waals surface area contributed by atoms with Gasteiger partial charge in [-0.25, -0.2) is 0 Å². The summed E-state index contributed by atoms with van der Waals surface area (Å²) in [6.07, 6.45) is 12.1. The van der Waals surface area contributed by atoms with Crippen molar-refractivity contribution in [3.05, 3.63) is 0 Å². The molecule has 0 aliphatic heterocycles. The van der Waals surface area contributed by atoms with E-state index in [0.717, 1.165) is 25.7 Å². The maximum atomic E-state index is 6.57. The van der Waals surface area contributed by atoms with E-state index in [-0.39, 0.29) is 9.75 Å². The highest BCUT2D eigenvalue weighted by Gasteiger charge is 2.33. The molecule has 0 radical (unpaired) electrons. The molecule has 3 heteroatoms. The van der Waals surface area contributed by atoms with Crippen LogP contribution in [0.2, 0.25) is 0 Å². The first-order valence-electron chi connectivity index (χ1n) is 7.08. The maximum Gasteiger partial charge on any atom is 0.0679 e. The normalized spacial score (nSPS) is 27.9. The van der Waals surface area contributed by atoms with Gasteiger partial charge in [-0.05, 0) is 25.7 Å². The van der Waals surface area contributed by atoms with Crippen LogP contribution in [0.3, 0.4) is 0 Å². The predicted molar refractivity (Wildman–Crippen MR) is 74.2 cm³/mol. The molecular weight excluding hydrogens is 255 g/mol. The van der Waals surface area contributed by atoms with Crippen LogP contribution in [0, 0.1) is 0 Å². The van der Waals surface area contributed by atoms with E-state index in [0.29, 0.717) is 13.2 Å². The van der Waals surface area contributed by atoms with Crippen molar-refractivity contribution < 1.29 is 4.74 Å². The lowest BCUT2D eigenvalue weighted by atomic mass is 9.88. The highest BCUT2D eigenvalue weighted by atomic mass is 35.5. The van der Waals surface area contributed by atoms with Crippen molar-refractivity contribution in [3.8, 4) is 0 Å². The highest BCUT2D eigenvalue weighted by molar-refractivity contribution is 6.24. The van der Waals surface area contributed by atoms with Crippen molar-refractivity contribution in [2.24, 2.45) is 0 Å². The molecule has 2 aliphatic carbocycles. The van der Waals surface area contributed by atoms with Crippen molar-refractivity contribution in [2.75, 3.05) is 13.2 Å². The van der Waals surface area contributed by atoms with Crippen molar-refractivity contribution in [2.45, 2.75) is 74.0 Å². The zero-order valence-corrected chi connectivity index (χ0v) is 12.2. The molecule has 0 N–H and O–H groups in total. The molecule has 0 heterocycles. The summed E-state index contributed by atoms with van der Waals surface area (Å²) in [4.78, 5) is -0.194. The Morgan fingerprint density at radius 3 is 1.35 bits per heavy atom. The first-order valence-corrected chi connectivity index (χ1v) is 7.83. The number of halogens is 2. The molecule has 0 saturated heterocycles. The smallest absolute Gasteiger partial charge is 0.0679 e. The summed E-state index contributed by atoms with van der Waals surface area (Å²) in [6.45, 7) is 1.37. The Labute approximate surface area is 115 Å². The SMILES string of the molecule is ClC1(COCC2(Cl)CCCCC2)CCCCC1. The fourth-order valence-electron chi connectivity index (χ4n) is 3.08. The number of rotatable bonds is 4. The van der Waals surface area contributed by atoms with E-state index >= 15 is 0 Å². The van der Waals surface area contributed by atoms with Gasteiger partial charge in [0, 0.05) is 0 Å². The molecule has 0 amide bonds. The molecule has 17 heavy (non-hydrogen) atoms. The third kappa shape index (κ3) is 4.29. The third-order valence-corrected chi connectivity index (χ3v) is 5.19. The van der Waals surface area contributed by atoms with Crippen LogP contribution in [0.4, 0.5) is 0 Å². The lowest BCUT2D eigenvalue weighted by Gasteiger charge is -2.34. The predicted octanol–water partition coefficient (Wildman–Crippen LogP) is 4.89. The van der Waals surface area contributed by atoms with E-state index in [1.165, 1.54) is 38.5 Å². The summed E-state index contributed by atoms with van der Waals surface area (Å²) in [5.41, 5.74) is 0. The molecule has 2 fully saturated rings. The standard InChI is InChI=1S/C14H24Cl2O/c15-13(7-3-1-4-8-13)11-17-12-14(16)9-5-2-6-10-14/h1-12H2. The Bertz CT molecular complexity index is 206. The van der Waals surface area contributed by atoms with Gasteiger partial charge in [-0.15, -0.1) is 23.2 Å². The Morgan fingerprint density at radius 2 is 1.00 bits per heavy atom. The monoisotopic (exact) mass is 278 g/mol. The van der Waals surface area contributed by atoms with Crippen molar-refractivity contribution in [1.29, 1.82) is 0 Å². The molecule has 0 aromatic carbocycles. The Morgan fingerprint density at radius 1 is 0.647 bits per heavy atom. The van der Waals surface area contributed by atoms with E-state index < -0.39 is 0 Å². The molecule has 0 bridgehead atoms. The average Bonchev–Trinajstić information content (AvgIpc) is 2.30. The first kappa shape index (κ1) is 14.0. The molecule has 0 unspecified atom stereocenters. The van der Waals surface area contributed by atoms with Crippen LogP contribution >= 0.6 is 23.2 Å². The summed E-state index contributed by atoms with van der Waals surface area (Å²) in [5.74, 6) is 0. The minimum Gasteiger partial charge on any atom is -0.378 e. The molecule has 2 saturated carbocycles. The number of ether oxygens (including phenoxy) is 1. The second kappa shape index (κ2) is 6.12. The minimum atomic E-state index is -0.0971. The van der Waals surface area contributed by atoms with Gasteiger partial charge in [0.1, 0.15) is 0 Å². The van der Waals surface area contributed by atoms with Crippen molar-refractivity contribution >= 4 is 23.2 Å². The second-order valence-electron chi connectivity index (χ2n) is 5.92. The third-order valence-electron chi connectivity index (χ3n) is 4.22. The number of hydrogen-bond acceptors (Lipinski definition) is 1. The topological polar surface area (TPSA) is 9.23 Å². The Balaban J connectivity index is 1.70. The van der Waals surface area contributed by atoms with Crippen LogP contribution in [-0.2, 0) is 4.74 Å². The van der Waals surface area contributed by atoms with E-state index in [1.807, 2.05) is 0 Å². The van der Waals surface area contributed by atoms with Crippen LogP contribution in [-0.4, -0.2) is 23.0 Å². The lowest BCUT2D eigenvalue weighted by molar-refractivity contribution is 0.0684. The first-order chi connectivity index (χ1) is 8.12. The van der Waals surface area contributed by atoms with Crippen LogP contribution in [0.1, 0.15) is 64.2 Å². The molecular formula is C14H24Cl2O. The second-order valence-corrected chi connectivity index (χ2v) is 7.52. The van der Waals surface area contributed by atoms with Gasteiger partial charge in [-0.1, -0.05) is 38.5 Å². The number of alkyl halides is 2. The average molecular weight is 279 g/mol. The van der Waals surface area contributed by atoms with Crippen LogP contribution < -0.4 is 0 Å². The molecule has 2 rings (SSSR count). The molecule has 0 spiro atoms. The Hall–Kier alpha value is 0.540. The summed E-state index contributed by atoms with van der Waals surface area (Å²) in [6, 6.07) is 0. The van der Waals surface area contributed by atoms with E-state index in [2.05, 4.69) is 0 Å². The van der Waals surface area contributed by atoms with Crippen LogP contribution in [0.5, 0.6) is 0 Å². The van der Waals surface area contributed by atoms with Gasteiger partial charge in [0.15, 0.2) is 0 Å². The van der Waals surface area contributed by atoms with E-state index in [9.17, 15) is 0 Å². The zero-order chi connectivity index (χ0) is 12.2. The van der Waals surface area contributed by atoms with Gasteiger partial charge >= 0.3 is 0 Å². The van der Waals surface area contributed by atoms with E-state index in [1.54, 1.807) is 0 Å². The summed E-state index contributed by atoms with van der Waals surface area (Å²) in [5, 5.41) is 0. The lowest BCUT2D eigenvalue weighted by Crippen LogP contribution is -2.36. The summed E-state index contributed by atoms with van der Waals surface area (Å²) >= 11 is 13.1. The Kier molecular flexibility index (Phi) is 5.03. The van der Waals surface area contributed by atoms with Crippen LogP contribution in [0.15, 0.2) is 0 Å². The van der Waals surface area contributed by atoms with Gasteiger partial charge in [0.25, 0.3) is 0 Å². The molecule has 0 aromatic heterocycles. The fourth-order valence-corrected chi connectivity index (χ4v) is 3.77. The molecule has 0 atom stereocenters. The van der Waals surface area contributed by atoms with E-state index in [4.69, 9.17) is 27.9 Å². The van der Waals surface area contributed by atoms with Gasteiger partial charge in [-0.3, -0.25) is 0 Å². The van der Waals surface area contributed by atoms with Gasteiger partial charge < -0.3 is 4.74 Å². The molecule has 100 valence electrons. The zero-order valence-electron chi connectivity index (χ0n) is 10.6. The molecule has 0 aromatic rings. The van der Waals surface area contributed by atoms with Gasteiger partial charge in [-0.2, -0.15) is 0 Å². The molecule has 2 aliphatic rings.